The third-order valence-electron chi connectivity index (χ3n) is 5.65. The number of nitrogens with zero attached hydrogens (tertiary/aromatic N) is 3. The van der Waals surface area contributed by atoms with Crippen molar-refractivity contribution in [2.45, 2.75) is 56.3 Å². The number of pyridine rings is 1. The topological polar surface area (TPSA) is 91.8 Å². The number of fused-ring (bicyclic) bond motifs is 2. The number of amides is 2. The highest BCUT2D eigenvalue weighted by Crippen LogP contribution is 2.37. The number of hydrogen-bond acceptors (Lipinski definition) is 5. The third kappa shape index (κ3) is 4.52. The number of carbonyl (C=O) groups excluding carboxylic acids is 1. The standard InChI is InChI=1S/C22H28N4O4S/c1-16(2)24-22(27)25-12-9-18-19(10-13-25)30-20-7-3-4-8-21(20)31(28,29)26(18)15-17-6-5-11-23-14-17/h3-8,11,14,16,18-19H,9-10,12-13,15H2,1-2H3,(H,24,27)/t18-,19-/m0/s1. The lowest BCUT2D eigenvalue weighted by molar-refractivity contribution is 0.110. The van der Waals surface area contributed by atoms with Gasteiger partial charge in [-0.15, -0.1) is 0 Å². The summed E-state index contributed by atoms with van der Waals surface area (Å²) >= 11 is 0. The fourth-order valence-electron chi connectivity index (χ4n) is 4.17. The maximum atomic E-state index is 13.7. The summed E-state index contributed by atoms with van der Waals surface area (Å²) in [5, 5.41) is 2.92. The van der Waals surface area contributed by atoms with Gasteiger partial charge in [-0.05, 0) is 44.0 Å². The lowest BCUT2D eigenvalue weighted by Crippen LogP contribution is -2.46. The molecule has 2 amide bonds. The number of hydrogen-bond donors (Lipinski definition) is 1. The van der Waals surface area contributed by atoms with Crippen LogP contribution in [-0.4, -0.2) is 59.9 Å². The van der Waals surface area contributed by atoms with E-state index in [1.54, 1.807) is 47.6 Å². The number of nitrogens with one attached hydrogen (secondary N) is 1. The van der Waals surface area contributed by atoms with Crippen LogP contribution in [0.1, 0.15) is 32.3 Å². The minimum atomic E-state index is -3.80. The number of likely N-dealkylation sites (tertiary alicyclic amines) is 1. The van der Waals surface area contributed by atoms with Crippen LogP contribution in [0.5, 0.6) is 5.75 Å². The van der Waals surface area contributed by atoms with Crippen LogP contribution in [-0.2, 0) is 16.6 Å². The first-order chi connectivity index (χ1) is 14.9. The lowest BCUT2D eigenvalue weighted by atomic mass is 10.1. The number of carbonyl (C=O) groups is 1. The number of ether oxygens (including phenoxy) is 1. The second-order valence-electron chi connectivity index (χ2n) is 8.25. The molecule has 2 aromatic rings. The zero-order chi connectivity index (χ0) is 22.0. The fourth-order valence-corrected chi connectivity index (χ4v) is 5.96. The summed E-state index contributed by atoms with van der Waals surface area (Å²) in [7, 11) is -3.80. The zero-order valence-electron chi connectivity index (χ0n) is 17.8. The van der Waals surface area contributed by atoms with Crippen LogP contribution in [0.15, 0.2) is 53.7 Å². The van der Waals surface area contributed by atoms with Gasteiger partial charge >= 0.3 is 6.03 Å². The maximum absolute atomic E-state index is 13.7. The van der Waals surface area contributed by atoms with Crippen molar-refractivity contribution in [1.82, 2.24) is 19.5 Å². The van der Waals surface area contributed by atoms with Gasteiger partial charge < -0.3 is 15.0 Å². The van der Waals surface area contributed by atoms with Crippen LogP contribution in [0.4, 0.5) is 4.79 Å². The number of benzene rings is 1. The summed E-state index contributed by atoms with van der Waals surface area (Å²) < 4.78 is 35.2. The predicted octanol–water partition coefficient (Wildman–Crippen LogP) is 2.62. The molecule has 166 valence electrons. The van der Waals surface area contributed by atoms with E-state index in [-0.39, 0.29) is 29.6 Å². The van der Waals surface area contributed by atoms with Crippen molar-refractivity contribution in [3.05, 3.63) is 54.4 Å². The first-order valence-corrected chi connectivity index (χ1v) is 12.0. The molecule has 1 fully saturated rings. The molecule has 2 aliphatic rings. The molecule has 0 bridgehead atoms. The van der Waals surface area contributed by atoms with Crippen LogP contribution in [0.3, 0.4) is 0 Å². The molecule has 2 atom stereocenters. The molecule has 0 saturated carbocycles. The van der Waals surface area contributed by atoms with E-state index in [0.29, 0.717) is 31.7 Å². The summed E-state index contributed by atoms with van der Waals surface area (Å²) in [6.45, 7) is 5.00. The largest absolute Gasteiger partial charge is 0.487 e. The summed E-state index contributed by atoms with van der Waals surface area (Å²) in [6.07, 6.45) is 4.03. The quantitative estimate of drug-likeness (QED) is 0.786. The van der Waals surface area contributed by atoms with Gasteiger partial charge in [0.05, 0.1) is 6.04 Å². The summed E-state index contributed by atoms with van der Waals surface area (Å²) in [4.78, 5) is 18.6. The van der Waals surface area contributed by atoms with Gasteiger partial charge in [0.25, 0.3) is 0 Å². The molecule has 9 heteroatoms. The molecule has 1 aromatic heterocycles. The maximum Gasteiger partial charge on any atom is 0.317 e. The summed E-state index contributed by atoms with van der Waals surface area (Å²) in [5.41, 5.74) is 0.808. The molecule has 0 radical (unpaired) electrons. The highest BCUT2D eigenvalue weighted by Gasteiger charge is 2.43. The molecule has 8 nitrogen and oxygen atoms in total. The van der Waals surface area contributed by atoms with E-state index in [4.69, 9.17) is 4.74 Å². The van der Waals surface area contributed by atoms with Gasteiger partial charge in [0.15, 0.2) is 0 Å². The molecule has 0 aliphatic carbocycles. The van der Waals surface area contributed by atoms with Gasteiger partial charge in [0.2, 0.25) is 10.0 Å². The minimum absolute atomic E-state index is 0.0341. The van der Waals surface area contributed by atoms with E-state index in [1.807, 2.05) is 19.9 Å². The SMILES string of the molecule is CC(C)NC(=O)N1CC[C@@H]2Oc3ccccc3S(=O)(=O)N(Cc3cccnc3)[C@H]2CC1. The average Bonchev–Trinajstić information content (AvgIpc) is 2.99. The molecular formula is C22H28N4O4S. The molecular weight excluding hydrogens is 416 g/mol. The fraction of sp³-hybridized carbons (Fsp3) is 0.455. The third-order valence-corrected chi connectivity index (χ3v) is 7.56. The summed E-state index contributed by atoms with van der Waals surface area (Å²) in [6, 6.07) is 9.96. The van der Waals surface area contributed by atoms with Crippen LogP contribution >= 0.6 is 0 Å². The normalized spacial score (nSPS) is 23.1. The number of aromatic nitrogens is 1. The lowest BCUT2D eigenvalue weighted by Gasteiger charge is -2.31. The van der Waals surface area contributed by atoms with Gasteiger partial charge in [0.1, 0.15) is 16.7 Å². The highest BCUT2D eigenvalue weighted by atomic mass is 32.2. The number of urea groups is 1. The van der Waals surface area contributed by atoms with Crippen molar-refractivity contribution in [2.24, 2.45) is 0 Å². The molecule has 2 aliphatic heterocycles. The predicted molar refractivity (Wildman–Crippen MR) is 116 cm³/mol. The van der Waals surface area contributed by atoms with E-state index >= 15 is 0 Å². The van der Waals surface area contributed by atoms with E-state index < -0.39 is 16.1 Å². The Morgan fingerprint density at radius 2 is 1.97 bits per heavy atom. The van der Waals surface area contributed by atoms with Crippen molar-refractivity contribution >= 4 is 16.1 Å². The summed E-state index contributed by atoms with van der Waals surface area (Å²) in [5.74, 6) is 0.367. The second-order valence-corrected chi connectivity index (χ2v) is 10.1. The van der Waals surface area contributed by atoms with Crippen molar-refractivity contribution in [3.63, 3.8) is 0 Å². The van der Waals surface area contributed by atoms with E-state index in [9.17, 15) is 13.2 Å². The van der Waals surface area contributed by atoms with Crippen molar-refractivity contribution in [3.8, 4) is 5.75 Å². The van der Waals surface area contributed by atoms with E-state index in [2.05, 4.69) is 10.3 Å². The van der Waals surface area contributed by atoms with Crippen LogP contribution in [0.25, 0.3) is 0 Å². The monoisotopic (exact) mass is 444 g/mol. The molecule has 1 N–H and O–H groups in total. The van der Waals surface area contributed by atoms with Crippen molar-refractivity contribution in [2.75, 3.05) is 13.1 Å². The van der Waals surface area contributed by atoms with Crippen LogP contribution < -0.4 is 10.1 Å². The highest BCUT2D eigenvalue weighted by molar-refractivity contribution is 7.89. The first kappa shape index (κ1) is 21.6. The van der Waals surface area contributed by atoms with Crippen molar-refractivity contribution in [1.29, 1.82) is 0 Å². The second kappa shape index (κ2) is 8.84. The first-order valence-electron chi connectivity index (χ1n) is 10.6. The van der Waals surface area contributed by atoms with Gasteiger partial charge in [-0.2, -0.15) is 4.31 Å². The average molecular weight is 445 g/mol. The molecule has 0 unspecified atom stereocenters. The molecule has 0 spiro atoms. The molecule has 31 heavy (non-hydrogen) atoms. The van der Waals surface area contributed by atoms with E-state index in [1.165, 1.54) is 4.31 Å². The Morgan fingerprint density at radius 3 is 2.71 bits per heavy atom. The Bertz CT molecular complexity index is 1030. The van der Waals surface area contributed by atoms with Gasteiger partial charge in [-0.1, -0.05) is 18.2 Å². The Balaban J connectivity index is 1.70. The zero-order valence-corrected chi connectivity index (χ0v) is 18.6. The Kier molecular flexibility index (Phi) is 6.15. The number of sulfonamides is 1. The Labute approximate surface area is 183 Å². The smallest absolute Gasteiger partial charge is 0.317 e. The van der Waals surface area contributed by atoms with Crippen LogP contribution in [0, 0.1) is 0 Å². The van der Waals surface area contributed by atoms with Gasteiger partial charge in [0, 0.05) is 44.5 Å². The Hall–Kier alpha value is -2.65. The van der Waals surface area contributed by atoms with Gasteiger partial charge in [-0.25, -0.2) is 13.2 Å². The van der Waals surface area contributed by atoms with Crippen LogP contribution in [0.2, 0.25) is 0 Å². The molecule has 3 heterocycles. The molecule has 4 rings (SSSR count). The van der Waals surface area contributed by atoms with E-state index in [0.717, 1.165) is 5.56 Å². The van der Waals surface area contributed by atoms with Gasteiger partial charge in [-0.3, -0.25) is 4.98 Å². The Morgan fingerprint density at radius 1 is 1.19 bits per heavy atom. The number of para-hydroxylation sites is 1. The van der Waals surface area contributed by atoms with Crippen molar-refractivity contribution < 1.29 is 17.9 Å². The number of rotatable bonds is 3. The molecule has 1 saturated heterocycles. The minimum Gasteiger partial charge on any atom is -0.487 e. The molecule has 1 aromatic carbocycles.